The molecule has 0 aliphatic heterocycles. The van der Waals surface area contributed by atoms with Crippen molar-refractivity contribution >= 4 is 23.1 Å². The lowest BCUT2D eigenvalue weighted by Crippen LogP contribution is -2.24. The molecular weight excluding hydrogens is 417 g/mol. The Balaban J connectivity index is 1.62. The normalized spacial score (nSPS) is 17.0. The van der Waals surface area contributed by atoms with Crippen molar-refractivity contribution in [3.63, 3.8) is 0 Å². The summed E-state index contributed by atoms with van der Waals surface area (Å²) in [7, 11) is 0. The molecule has 31 heavy (non-hydrogen) atoms. The van der Waals surface area contributed by atoms with Gasteiger partial charge < -0.3 is 9.84 Å². The predicted molar refractivity (Wildman–Crippen MR) is 119 cm³/mol. The number of carboxylic acids is 1. The molecule has 0 amide bonds. The highest BCUT2D eigenvalue weighted by molar-refractivity contribution is 6.31. The Bertz CT molecular complexity index is 1070. The number of halogens is 2. The minimum absolute atomic E-state index is 0.0847. The molecule has 3 rings (SSSR count). The second-order valence-corrected chi connectivity index (χ2v) is 7.50. The van der Waals surface area contributed by atoms with Crippen molar-refractivity contribution < 1.29 is 19.0 Å². The number of hydrogen-bond acceptors (Lipinski definition) is 3. The van der Waals surface area contributed by atoms with Gasteiger partial charge in [0.05, 0.1) is 5.57 Å². The summed E-state index contributed by atoms with van der Waals surface area (Å²) in [6.07, 6.45) is 12.5. The van der Waals surface area contributed by atoms with Crippen LogP contribution in [0.3, 0.4) is 0 Å². The van der Waals surface area contributed by atoms with Crippen LogP contribution in [0, 0.1) is 11.3 Å². The zero-order chi connectivity index (χ0) is 22.2. The van der Waals surface area contributed by atoms with E-state index in [4.69, 9.17) is 21.6 Å². The first-order valence-electron chi connectivity index (χ1n) is 9.87. The standard InChI is InChI=1S/C25H21ClFNO3/c26-21-5-1-3-18(12-13-21)19-10-7-17(8-11-19)9-14-24(25(29)30)31-22-6-2-4-20(16-28)23(27)15-22/h3-8,10-13,15,24H,1-2,9,14H2,(H,29,30). The van der Waals surface area contributed by atoms with Gasteiger partial charge in [0.2, 0.25) is 0 Å². The summed E-state index contributed by atoms with van der Waals surface area (Å²) < 4.78 is 19.5. The number of ether oxygens (including phenoxy) is 1. The number of aliphatic carboxylic acids is 1. The number of allylic oxidation sites excluding steroid dienone is 11. The van der Waals surface area contributed by atoms with E-state index >= 15 is 0 Å². The SMILES string of the molecule is N#CC1=CCC=C(OC(CCc2ccc(C3=CCC=C(Cl)C=C3)cc2)C(=O)O)C=C1F. The molecule has 0 radical (unpaired) electrons. The molecule has 2 aliphatic rings. The fourth-order valence-corrected chi connectivity index (χ4v) is 3.36. The van der Waals surface area contributed by atoms with Gasteiger partial charge in [-0.3, -0.25) is 0 Å². The Morgan fingerprint density at radius 2 is 1.90 bits per heavy atom. The van der Waals surface area contributed by atoms with Gasteiger partial charge in [0, 0.05) is 11.1 Å². The maximum absolute atomic E-state index is 14.0. The Hall–Kier alpha value is -3.36. The highest BCUT2D eigenvalue weighted by Gasteiger charge is 2.21. The Morgan fingerprint density at radius 1 is 1.16 bits per heavy atom. The highest BCUT2D eigenvalue weighted by atomic mass is 35.5. The van der Waals surface area contributed by atoms with Gasteiger partial charge in [0.25, 0.3) is 0 Å². The molecule has 0 saturated carbocycles. The van der Waals surface area contributed by atoms with E-state index in [0.29, 0.717) is 17.9 Å². The van der Waals surface area contributed by atoms with E-state index in [0.717, 1.165) is 29.2 Å². The molecule has 1 N–H and O–H groups in total. The number of carboxylic acid groups (broad SMARTS) is 1. The lowest BCUT2D eigenvalue weighted by Gasteiger charge is -2.16. The van der Waals surface area contributed by atoms with Gasteiger partial charge in [-0.25, -0.2) is 9.18 Å². The third-order valence-corrected chi connectivity index (χ3v) is 5.18. The van der Waals surface area contributed by atoms with Crippen molar-refractivity contribution in [2.45, 2.75) is 31.8 Å². The number of benzene rings is 1. The van der Waals surface area contributed by atoms with Crippen molar-refractivity contribution in [3.8, 4) is 6.07 Å². The van der Waals surface area contributed by atoms with Crippen LogP contribution < -0.4 is 0 Å². The van der Waals surface area contributed by atoms with E-state index in [1.165, 1.54) is 6.08 Å². The average molecular weight is 438 g/mol. The largest absolute Gasteiger partial charge is 0.479 e. The molecule has 0 saturated heterocycles. The molecule has 0 spiro atoms. The number of nitriles is 1. The fourth-order valence-electron chi connectivity index (χ4n) is 3.21. The first-order chi connectivity index (χ1) is 15.0. The van der Waals surface area contributed by atoms with Crippen LogP contribution in [0.4, 0.5) is 4.39 Å². The Labute approximate surface area is 185 Å². The van der Waals surface area contributed by atoms with E-state index in [9.17, 15) is 14.3 Å². The maximum atomic E-state index is 14.0. The van der Waals surface area contributed by atoms with E-state index in [2.05, 4.69) is 6.08 Å². The van der Waals surface area contributed by atoms with E-state index in [1.807, 2.05) is 42.5 Å². The molecule has 0 bridgehead atoms. The zero-order valence-corrected chi connectivity index (χ0v) is 17.5. The zero-order valence-electron chi connectivity index (χ0n) is 16.7. The molecule has 158 valence electrons. The second-order valence-electron chi connectivity index (χ2n) is 7.06. The number of aryl methyl sites for hydroxylation is 1. The first-order valence-corrected chi connectivity index (χ1v) is 10.2. The van der Waals surface area contributed by atoms with Crippen LogP contribution in [0.15, 0.2) is 89.0 Å². The predicted octanol–water partition coefficient (Wildman–Crippen LogP) is 6.15. The van der Waals surface area contributed by atoms with Crippen molar-refractivity contribution in [1.82, 2.24) is 0 Å². The van der Waals surface area contributed by atoms with Gasteiger partial charge in [0.1, 0.15) is 17.7 Å². The summed E-state index contributed by atoms with van der Waals surface area (Å²) in [6, 6.07) is 9.65. The van der Waals surface area contributed by atoms with Crippen molar-refractivity contribution in [1.29, 1.82) is 5.26 Å². The molecular formula is C25H21ClFNO3. The van der Waals surface area contributed by atoms with Crippen LogP contribution >= 0.6 is 11.6 Å². The molecule has 6 heteroatoms. The molecule has 1 aromatic rings. The topological polar surface area (TPSA) is 70.3 Å². The molecule has 1 atom stereocenters. The highest BCUT2D eigenvalue weighted by Crippen LogP contribution is 2.24. The maximum Gasteiger partial charge on any atom is 0.344 e. The van der Waals surface area contributed by atoms with Crippen LogP contribution in [0.25, 0.3) is 5.57 Å². The monoisotopic (exact) mass is 437 g/mol. The number of hydrogen-bond donors (Lipinski definition) is 1. The van der Waals surface area contributed by atoms with Crippen molar-refractivity contribution in [2.75, 3.05) is 0 Å². The minimum Gasteiger partial charge on any atom is -0.479 e. The third-order valence-electron chi connectivity index (χ3n) is 4.90. The quantitative estimate of drug-likeness (QED) is 0.555. The van der Waals surface area contributed by atoms with Gasteiger partial charge in [-0.1, -0.05) is 60.2 Å². The summed E-state index contributed by atoms with van der Waals surface area (Å²) in [5.41, 5.74) is 3.01. The molecule has 1 unspecified atom stereocenters. The Morgan fingerprint density at radius 3 is 2.61 bits per heavy atom. The summed E-state index contributed by atoms with van der Waals surface area (Å²) in [6.45, 7) is 0. The van der Waals surface area contributed by atoms with Crippen molar-refractivity contribution in [2.24, 2.45) is 0 Å². The third kappa shape index (κ3) is 6.31. The molecule has 4 nitrogen and oxygen atoms in total. The van der Waals surface area contributed by atoms with E-state index in [1.54, 1.807) is 12.1 Å². The van der Waals surface area contributed by atoms with Crippen LogP contribution in [0.5, 0.6) is 0 Å². The minimum atomic E-state index is -1.13. The molecule has 0 aromatic heterocycles. The van der Waals surface area contributed by atoms with E-state index in [-0.39, 0.29) is 17.8 Å². The average Bonchev–Trinajstić information content (AvgIpc) is 3.08. The number of nitrogens with zero attached hydrogens (tertiary/aromatic N) is 1. The molecule has 0 heterocycles. The number of rotatable bonds is 7. The van der Waals surface area contributed by atoms with Gasteiger partial charge in [0.15, 0.2) is 6.10 Å². The van der Waals surface area contributed by atoms with Crippen LogP contribution in [-0.4, -0.2) is 17.2 Å². The first kappa shape index (κ1) is 22.3. The van der Waals surface area contributed by atoms with Crippen LogP contribution in [0.2, 0.25) is 0 Å². The Kier molecular flexibility index (Phi) is 7.64. The molecule has 1 aromatic carbocycles. The summed E-state index contributed by atoms with van der Waals surface area (Å²) in [5.74, 6) is -1.74. The van der Waals surface area contributed by atoms with Gasteiger partial charge in [-0.15, -0.1) is 0 Å². The van der Waals surface area contributed by atoms with Crippen LogP contribution in [0.1, 0.15) is 30.4 Å². The lowest BCUT2D eigenvalue weighted by molar-refractivity contribution is -0.147. The molecule has 0 fully saturated rings. The fraction of sp³-hybridized carbons (Fsp3) is 0.200. The van der Waals surface area contributed by atoms with Crippen molar-refractivity contribution in [3.05, 3.63) is 100 Å². The smallest absolute Gasteiger partial charge is 0.344 e. The second kappa shape index (κ2) is 10.6. The number of carbonyl (C=O) groups is 1. The van der Waals surface area contributed by atoms with Gasteiger partial charge >= 0.3 is 5.97 Å². The summed E-state index contributed by atoms with van der Waals surface area (Å²) in [4.78, 5) is 11.6. The summed E-state index contributed by atoms with van der Waals surface area (Å²) in [5, 5.41) is 19.1. The van der Waals surface area contributed by atoms with Crippen LogP contribution in [-0.2, 0) is 16.0 Å². The lowest BCUT2D eigenvalue weighted by atomic mass is 10.0. The van der Waals surface area contributed by atoms with E-state index < -0.39 is 17.9 Å². The van der Waals surface area contributed by atoms with Gasteiger partial charge in [-0.2, -0.15) is 5.26 Å². The summed E-state index contributed by atoms with van der Waals surface area (Å²) >= 11 is 6.03. The van der Waals surface area contributed by atoms with Gasteiger partial charge in [-0.05, 0) is 54.5 Å². The molecule has 2 aliphatic carbocycles.